The predicted octanol–water partition coefficient (Wildman–Crippen LogP) is -2.48. The Kier molecular flexibility index (Phi) is 16.4. The van der Waals surface area contributed by atoms with Crippen LogP contribution in [0.15, 0.2) is 109 Å². The Labute approximate surface area is 414 Å². The van der Waals surface area contributed by atoms with E-state index in [-0.39, 0.29) is 94.8 Å². The van der Waals surface area contributed by atoms with Crippen LogP contribution in [-0.2, 0) is 29.7 Å². The molecule has 0 spiro atoms. The Balaban J connectivity index is 0.00000340. The second kappa shape index (κ2) is 21.3. The third kappa shape index (κ3) is 11.6. The Morgan fingerprint density at radius 2 is 1.00 bits per heavy atom. The van der Waals surface area contributed by atoms with Crippen molar-refractivity contribution in [2.24, 2.45) is 5.92 Å². The number of nitrogens with one attached hydrogen (secondary N) is 4. The molecule has 20 nitrogen and oxygen atoms in total. The molecule has 2 saturated heterocycles. The van der Waals surface area contributed by atoms with Crippen molar-refractivity contribution in [2.45, 2.75) is 16.2 Å². The van der Waals surface area contributed by atoms with E-state index in [0.29, 0.717) is 69.5 Å². The van der Waals surface area contributed by atoms with Gasteiger partial charge in [-0.3, -0.25) is 0 Å². The maximum Gasteiger partial charge on any atom is 1.00 e. The summed E-state index contributed by atoms with van der Waals surface area (Å²) >= 11 is 0. The summed E-state index contributed by atoms with van der Waals surface area (Å²) in [5.41, 5.74) is -0.352. The second-order valence-electron chi connectivity index (χ2n) is 14.5. The molecule has 5 aromatic rings. The van der Waals surface area contributed by atoms with Crippen LogP contribution in [0.1, 0.15) is 12.0 Å². The molecule has 24 heteroatoms. The maximum absolute atomic E-state index is 13.6. The molecular weight excluding hydrogens is 887 g/mol. The summed E-state index contributed by atoms with van der Waals surface area (Å²) < 4.78 is 89.2. The van der Waals surface area contributed by atoms with E-state index in [1.807, 2.05) is 46.2 Å². The van der Waals surface area contributed by atoms with Crippen molar-refractivity contribution < 1.29 is 94.5 Å². The standard InChI is InChI=1S/C40H44N12O8S2.2Na/c53-61(54,55)40(62(56,57)58)28-39(19-18-30(40)17-16-29-10-4-1-5-11-29,49-35-43-33(41-31-12-6-2-7-13-31)45-37(47-35)51-20-24-59-25-21-51)50-36-44-34(42-32-14-8-3-9-15-32)46-38(48-36)52-22-26-60-27-23-52;;/h1-19,30H,20-28H2,(H,53,54,55)(H,56,57,58)(H2,41,43,45,47,49)(H2,42,44,46,48,50);;/q;2*+1/p-2. The van der Waals surface area contributed by atoms with Gasteiger partial charge in [-0.25, -0.2) is 16.8 Å². The molecule has 324 valence electrons. The van der Waals surface area contributed by atoms with Crippen molar-refractivity contribution in [1.82, 2.24) is 29.9 Å². The topological polar surface area (TPSA) is 265 Å². The van der Waals surface area contributed by atoms with Gasteiger partial charge in [0.05, 0.1) is 26.4 Å². The van der Waals surface area contributed by atoms with Crippen LogP contribution in [0.25, 0.3) is 6.08 Å². The summed E-state index contributed by atoms with van der Waals surface area (Å²) in [6, 6.07) is 26.7. The molecule has 4 N–H and O–H groups in total. The molecular formula is C40H42N12Na2O8S2. The molecule has 2 aliphatic heterocycles. The van der Waals surface area contributed by atoms with Gasteiger partial charge in [0.15, 0.2) is 4.08 Å². The van der Waals surface area contributed by atoms with E-state index in [1.54, 1.807) is 54.6 Å². The smallest absolute Gasteiger partial charge is 0.747 e. The van der Waals surface area contributed by atoms with Gasteiger partial charge in [0.2, 0.25) is 35.7 Å². The molecule has 0 bridgehead atoms. The molecule has 3 aromatic carbocycles. The van der Waals surface area contributed by atoms with E-state index in [0.717, 1.165) is 0 Å². The molecule has 1 aliphatic carbocycles. The summed E-state index contributed by atoms with van der Waals surface area (Å²) in [6.07, 6.45) is 4.04. The summed E-state index contributed by atoms with van der Waals surface area (Å²) in [5, 5.41) is 12.4. The molecule has 2 aromatic heterocycles. The number of allylic oxidation sites excluding steroid dienone is 2. The molecule has 0 saturated carbocycles. The largest absolute Gasteiger partial charge is 1.00 e. The van der Waals surface area contributed by atoms with E-state index in [9.17, 15) is 25.9 Å². The molecule has 3 aliphatic rings. The van der Waals surface area contributed by atoms with Crippen LogP contribution in [0.3, 0.4) is 0 Å². The zero-order valence-corrected chi connectivity index (χ0v) is 40.7. The number of benzene rings is 3. The van der Waals surface area contributed by atoms with Crippen LogP contribution in [-0.4, -0.2) is 118 Å². The molecule has 4 heterocycles. The molecule has 8 rings (SSSR count). The zero-order chi connectivity index (χ0) is 43.2. The second-order valence-corrected chi connectivity index (χ2v) is 18.1. The van der Waals surface area contributed by atoms with Crippen LogP contribution in [0, 0.1) is 5.92 Å². The third-order valence-electron chi connectivity index (χ3n) is 10.3. The summed E-state index contributed by atoms with van der Waals surface area (Å²) in [6.45, 7) is 3.23. The van der Waals surface area contributed by atoms with E-state index in [4.69, 9.17) is 9.47 Å². The first kappa shape index (κ1) is 49.1. The summed E-state index contributed by atoms with van der Waals surface area (Å²) in [7, 11) is -12.0. The van der Waals surface area contributed by atoms with E-state index >= 15 is 0 Å². The van der Waals surface area contributed by atoms with Crippen LogP contribution in [0.5, 0.6) is 0 Å². The van der Waals surface area contributed by atoms with E-state index in [2.05, 4.69) is 51.2 Å². The number of para-hydroxylation sites is 2. The SMILES string of the molecule is O=S(=O)([O-])C1(S(=O)(=O)[O-])CC(Nc2nc(Nc3ccccc3)nc(N3CCOCC3)n2)(Nc2nc(Nc3ccccc3)nc(N3CCOCC3)n2)C=CC1C=Cc1ccccc1.[Na+].[Na+]. The Morgan fingerprint density at radius 1 is 0.594 bits per heavy atom. The number of ether oxygens (including phenoxy) is 2. The van der Waals surface area contributed by atoms with Crippen molar-refractivity contribution in [1.29, 1.82) is 0 Å². The normalized spacial score (nSPS) is 18.3. The van der Waals surface area contributed by atoms with Crippen molar-refractivity contribution in [3.8, 4) is 0 Å². The molecule has 0 amide bonds. The van der Waals surface area contributed by atoms with Crippen molar-refractivity contribution in [3.63, 3.8) is 0 Å². The van der Waals surface area contributed by atoms with Gasteiger partial charge in [0.1, 0.15) is 25.9 Å². The summed E-state index contributed by atoms with van der Waals surface area (Å²) in [5.74, 6) is -1.60. The van der Waals surface area contributed by atoms with Gasteiger partial charge >= 0.3 is 59.1 Å². The minimum atomic E-state index is -6.01. The Bertz CT molecular complexity index is 2490. The van der Waals surface area contributed by atoms with Crippen LogP contribution < -0.4 is 90.2 Å². The molecule has 1 atom stereocenters. The van der Waals surface area contributed by atoms with Crippen LogP contribution in [0.4, 0.5) is 47.1 Å². The fourth-order valence-corrected chi connectivity index (χ4v) is 10.1. The number of rotatable bonds is 14. The Morgan fingerprint density at radius 3 is 1.42 bits per heavy atom. The average Bonchev–Trinajstić information content (AvgIpc) is 3.26. The fraction of sp³-hybridized carbons (Fsp3) is 0.300. The third-order valence-corrected chi connectivity index (χ3v) is 14.1. The van der Waals surface area contributed by atoms with Gasteiger partial charge in [-0.05, 0) is 35.9 Å². The maximum atomic E-state index is 13.6. The monoisotopic (exact) mass is 928 g/mol. The average molecular weight is 929 g/mol. The predicted molar refractivity (Wildman–Crippen MR) is 230 cm³/mol. The minimum absolute atomic E-state index is 0. The number of nitrogens with zero attached hydrogens (tertiary/aromatic N) is 8. The van der Waals surface area contributed by atoms with Gasteiger partial charge in [-0.2, -0.15) is 29.9 Å². The zero-order valence-electron chi connectivity index (χ0n) is 35.1. The van der Waals surface area contributed by atoms with Gasteiger partial charge in [0.25, 0.3) is 0 Å². The van der Waals surface area contributed by atoms with Gasteiger partial charge in [-0.1, -0.05) is 85.0 Å². The van der Waals surface area contributed by atoms with Gasteiger partial charge < -0.3 is 49.6 Å². The molecule has 2 fully saturated rings. The molecule has 1 unspecified atom stereocenters. The number of morpholine rings is 2. The first-order valence-corrected chi connectivity index (χ1v) is 22.4. The van der Waals surface area contributed by atoms with Crippen molar-refractivity contribution in [3.05, 3.63) is 115 Å². The van der Waals surface area contributed by atoms with Crippen LogP contribution in [0.2, 0.25) is 0 Å². The fourth-order valence-electron chi connectivity index (χ4n) is 7.27. The molecule has 64 heavy (non-hydrogen) atoms. The number of hydrogen-bond acceptors (Lipinski definition) is 20. The first-order valence-electron chi connectivity index (χ1n) is 19.6. The Hall–Kier alpha value is -4.30. The van der Waals surface area contributed by atoms with E-state index < -0.39 is 42.3 Å². The number of anilines is 8. The quantitative estimate of drug-likeness (QED) is 0.0389. The summed E-state index contributed by atoms with van der Waals surface area (Å²) in [4.78, 5) is 31.5. The first-order chi connectivity index (χ1) is 29.9. The number of aromatic nitrogens is 6. The van der Waals surface area contributed by atoms with Crippen LogP contribution >= 0.6 is 0 Å². The van der Waals surface area contributed by atoms with Crippen molar-refractivity contribution in [2.75, 3.05) is 83.7 Å². The van der Waals surface area contributed by atoms with E-state index in [1.165, 1.54) is 24.3 Å². The minimum Gasteiger partial charge on any atom is -0.747 e. The van der Waals surface area contributed by atoms with Crippen molar-refractivity contribution >= 4 is 73.4 Å². The van der Waals surface area contributed by atoms with Gasteiger partial charge in [0, 0.05) is 49.9 Å². The number of hydrogen-bond donors (Lipinski definition) is 4. The molecule has 0 radical (unpaired) electrons. The van der Waals surface area contributed by atoms with Gasteiger partial charge in [-0.15, -0.1) is 0 Å².